The van der Waals surface area contributed by atoms with Crippen molar-refractivity contribution in [1.82, 2.24) is 0 Å². The van der Waals surface area contributed by atoms with Crippen LogP contribution in [0.15, 0.2) is 12.2 Å². The number of rotatable bonds is 9. The van der Waals surface area contributed by atoms with Crippen molar-refractivity contribution in [2.45, 2.75) is 154 Å². The lowest BCUT2D eigenvalue weighted by molar-refractivity contribution is -0.211. The molecule has 3 rings (SSSR count). The summed E-state index contributed by atoms with van der Waals surface area (Å²) in [5, 5.41) is 0.318. The van der Waals surface area contributed by atoms with Gasteiger partial charge in [0.25, 0.3) is 0 Å². The van der Waals surface area contributed by atoms with Crippen molar-refractivity contribution in [3.8, 4) is 0 Å². The van der Waals surface area contributed by atoms with Crippen molar-refractivity contribution in [2.75, 3.05) is 6.61 Å². The molecule has 0 amide bonds. The highest BCUT2D eigenvalue weighted by atomic mass is 28.4. The predicted molar refractivity (Wildman–Crippen MR) is 165 cm³/mol. The number of ether oxygens (including phenoxy) is 1. The van der Waals surface area contributed by atoms with Crippen LogP contribution in [0.4, 0.5) is 0 Å². The van der Waals surface area contributed by atoms with Gasteiger partial charge in [-0.2, -0.15) is 0 Å². The summed E-state index contributed by atoms with van der Waals surface area (Å²) in [7, 11) is -3.92. The number of hydrogen-bond donors (Lipinski definition) is 0. The van der Waals surface area contributed by atoms with E-state index in [0.717, 1.165) is 12.8 Å². The molecular formula is C32H60O4Si2. The zero-order valence-corrected chi connectivity index (χ0v) is 28.9. The van der Waals surface area contributed by atoms with Crippen LogP contribution in [0.1, 0.15) is 100 Å². The van der Waals surface area contributed by atoms with E-state index in [-0.39, 0.29) is 40.0 Å². The zero-order chi connectivity index (χ0) is 28.7. The number of Topliss-reactive ketones (excluding diaryl/α,β-unsaturated/α-hetero) is 1. The van der Waals surface area contributed by atoms with Gasteiger partial charge in [-0.3, -0.25) is 4.79 Å². The molecule has 0 aromatic heterocycles. The summed E-state index contributed by atoms with van der Waals surface area (Å²) in [6, 6.07) is 0. The highest BCUT2D eigenvalue weighted by Gasteiger charge is 2.66. The van der Waals surface area contributed by atoms with E-state index in [0.29, 0.717) is 18.3 Å². The number of hydrogen-bond acceptors (Lipinski definition) is 4. The Labute approximate surface area is 237 Å². The summed E-state index contributed by atoms with van der Waals surface area (Å²) in [6.07, 6.45) is 13.2. The van der Waals surface area contributed by atoms with Gasteiger partial charge in [-0.05, 0) is 74.8 Å². The first-order chi connectivity index (χ1) is 17.4. The van der Waals surface area contributed by atoms with Crippen LogP contribution in [0.3, 0.4) is 0 Å². The van der Waals surface area contributed by atoms with Crippen LogP contribution < -0.4 is 0 Å². The smallest absolute Gasteiger partial charge is 0.192 e. The maximum atomic E-state index is 13.3. The largest absolute Gasteiger partial charge is 0.413 e. The number of carbonyl (C=O) groups is 1. The lowest BCUT2D eigenvalue weighted by Gasteiger charge is -2.60. The highest BCUT2D eigenvalue weighted by Crippen LogP contribution is 2.56. The van der Waals surface area contributed by atoms with Crippen molar-refractivity contribution in [1.29, 1.82) is 0 Å². The SMILES string of the molecule is CCO[C@]12CC[C@@H](O[Si](C)(C)C(C)(C)C)[C@H](/C=C/[C@@H](O[Si](C)(C)C(C)(C)C)C3CCCCC3)C1C(C)C2=O. The molecule has 3 aliphatic rings. The monoisotopic (exact) mass is 564 g/mol. The molecule has 0 aromatic carbocycles. The van der Waals surface area contributed by atoms with Crippen LogP contribution in [-0.2, 0) is 18.4 Å². The fourth-order valence-electron chi connectivity index (χ4n) is 6.68. The molecule has 0 spiro atoms. The second-order valence-corrected chi connectivity index (χ2v) is 25.2. The van der Waals surface area contributed by atoms with Gasteiger partial charge >= 0.3 is 0 Å². The van der Waals surface area contributed by atoms with Gasteiger partial charge in [0, 0.05) is 24.4 Å². The molecule has 3 fully saturated rings. The van der Waals surface area contributed by atoms with Gasteiger partial charge in [0.15, 0.2) is 22.4 Å². The molecule has 2 unspecified atom stereocenters. The lowest BCUT2D eigenvalue weighted by Crippen LogP contribution is -2.70. The van der Waals surface area contributed by atoms with Gasteiger partial charge in [-0.15, -0.1) is 0 Å². The molecule has 6 heteroatoms. The predicted octanol–water partition coefficient (Wildman–Crippen LogP) is 8.92. The summed E-state index contributed by atoms with van der Waals surface area (Å²) in [4.78, 5) is 13.3. The Hall–Kier alpha value is -0.276. The second-order valence-electron chi connectivity index (χ2n) is 15.7. The molecule has 3 aliphatic carbocycles. The average Bonchev–Trinajstić information content (AvgIpc) is 2.81. The van der Waals surface area contributed by atoms with Gasteiger partial charge < -0.3 is 13.6 Å². The van der Waals surface area contributed by atoms with E-state index in [1.165, 1.54) is 32.1 Å². The minimum Gasteiger partial charge on any atom is -0.413 e. The van der Waals surface area contributed by atoms with Crippen LogP contribution in [-0.4, -0.2) is 46.8 Å². The fraction of sp³-hybridized carbons (Fsp3) is 0.906. The quantitative estimate of drug-likeness (QED) is 0.207. The maximum absolute atomic E-state index is 13.3. The minimum atomic E-state index is -1.98. The van der Waals surface area contributed by atoms with E-state index >= 15 is 0 Å². The Morgan fingerprint density at radius 3 is 2.05 bits per heavy atom. The van der Waals surface area contributed by atoms with Crippen LogP contribution in [0.25, 0.3) is 0 Å². The van der Waals surface area contributed by atoms with Gasteiger partial charge in [0.1, 0.15) is 5.60 Å². The van der Waals surface area contributed by atoms with Crippen molar-refractivity contribution in [3.63, 3.8) is 0 Å². The molecule has 0 N–H and O–H groups in total. The number of fused-ring (bicyclic) bond motifs is 1. The molecule has 0 heterocycles. The van der Waals surface area contributed by atoms with Crippen molar-refractivity contribution >= 4 is 22.4 Å². The Balaban J connectivity index is 1.99. The van der Waals surface area contributed by atoms with Crippen LogP contribution in [0.2, 0.25) is 36.3 Å². The summed E-state index contributed by atoms with van der Waals surface area (Å²) in [6.45, 7) is 28.2. The fourth-order valence-corrected chi connectivity index (χ4v) is 9.37. The van der Waals surface area contributed by atoms with E-state index in [1.807, 2.05) is 6.92 Å². The van der Waals surface area contributed by atoms with E-state index < -0.39 is 22.2 Å². The molecule has 38 heavy (non-hydrogen) atoms. The molecular weight excluding hydrogens is 505 g/mol. The first kappa shape index (κ1) is 32.2. The summed E-state index contributed by atoms with van der Waals surface area (Å²) < 4.78 is 20.6. The Morgan fingerprint density at radius 2 is 1.53 bits per heavy atom. The highest BCUT2D eigenvalue weighted by molar-refractivity contribution is 6.74. The third kappa shape index (κ3) is 6.29. The molecule has 0 aliphatic heterocycles. The zero-order valence-electron chi connectivity index (χ0n) is 26.9. The summed E-state index contributed by atoms with van der Waals surface area (Å²) >= 11 is 0. The van der Waals surface area contributed by atoms with E-state index in [2.05, 4.69) is 86.8 Å². The molecule has 0 bridgehead atoms. The molecule has 4 nitrogen and oxygen atoms in total. The normalized spacial score (nSPS) is 32.8. The van der Waals surface area contributed by atoms with Crippen molar-refractivity contribution in [3.05, 3.63) is 12.2 Å². The molecule has 0 radical (unpaired) electrons. The van der Waals surface area contributed by atoms with Gasteiger partial charge in [-0.1, -0.05) is 79.9 Å². The molecule has 3 saturated carbocycles. The van der Waals surface area contributed by atoms with Crippen molar-refractivity contribution < 1.29 is 18.4 Å². The topological polar surface area (TPSA) is 44.8 Å². The first-order valence-electron chi connectivity index (χ1n) is 15.6. The van der Waals surface area contributed by atoms with E-state index in [4.69, 9.17) is 13.6 Å². The van der Waals surface area contributed by atoms with Crippen LogP contribution in [0.5, 0.6) is 0 Å². The molecule has 6 atom stereocenters. The van der Waals surface area contributed by atoms with Crippen LogP contribution >= 0.6 is 0 Å². The third-order valence-corrected chi connectivity index (χ3v) is 20.1. The van der Waals surface area contributed by atoms with Gasteiger partial charge in [0.05, 0.1) is 12.2 Å². The van der Waals surface area contributed by atoms with Crippen LogP contribution in [0, 0.1) is 23.7 Å². The average molecular weight is 565 g/mol. The van der Waals surface area contributed by atoms with Gasteiger partial charge in [-0.25, -0.2) is 0 Å². The van der Waals surface area contributed by atoms with Gasteiger partial charge in [0.2, 0.25) is 0 Å². The number of carbonyl (C=O) groups excluding carboxylic acids is 1. The summed E-state index contributed by atoms with van der Waals surface area (Å²) in [5.74, 6) is 1.24. The molecule has 0 aromatic rings. The van der Waals surface area contributed by atoms with E-state index in [1.54, 1.807) is 0 Å². The van der Waals surface area contributed by atoms with E-state index in [9.17, 15) is 4.79 Å². The molecule has 220 valence electrons. The number of ketones is 1. The Morgan fingerprint density at radius 1 is 0.947 bits per heavy atom. The second kappa shape index (κ2) is 11.5. The first-order valence-corrected chi connectivity index (χ1v) is 21.4. The Bertz CT molecular complexity index is 847. The minimum absolute atomic E-state index is 0.0106. The third-order valence-electron chi connectivity index (χ3n) is 11.1. The standard InChI is InChI=1S/C32H60O4Si2/c1-13-34-32-22-21-27(36-38(11,12)31(6,7)8)25(28(32)23(2)29(32)33)19-20-26(24-17-15-14-16-18-24)35-37(9,10)30(3,4)5/h19-20,23-28H,13-18,21-22H2,1-12H3/b20-19+/t23?,25-,26+,27+,28?,32+/m0/s1. The van der Waals surface area contributed by atoms with Crippen molar-refractivity contribution in [2.24, 2.45) is 23.7 Å². The molecule has 0 saturated heterocycles. The Kier molecular flexibility index (Phi) is 9.79. The summed E-state index contributed by atoms with van der Waals surface area (Å²) in [5.41, 5.74) is -0.628. The lowest BCUT2D eigenvalue weighted by atomic mass is 9.50. The maximum Gasteiger partial charge on any atom is 0.192 e.